The Morgan fingerprint density at radius 1 is 1.31 bits per heavy atom. The van der Waals surface area contributed by atoms with Gasteiger partial charge in [-0.3, -0.25) is 0 Å². The lowest BCUT2D eigenvalue weighted by atomic mass is 10.3. The Hall–Kier alpha value is -1.39. The molecule has 1 aromatic heterocycles. The van der Waals surface area contributed by atoms with E-state index in [1.54, 1.807) is 24.3 Å². The van der Waals surface area contributed by atoms with Crippen molar-refractivity contribution in [2.45, 2.75) is 6.61 Å². The van der Waals surface area contributed by atoms with E-state index in [0.717, 1.165) is 0 Å². The molecule has 0 amide bonds. The van der Waals surface area contributed by atoms with Crippen molar-refractivity contribution >= 4 is 29.1 Å². The molecular weight excluding hydrogens is 251 g/mol. The third-order valence-electron chi connectivity index (χ3n) is 1.85. The Balaban J connectivity index is 2.04. The largest absolute Gasteiger partial charge is 0.486 e. The smallest absolute Gasteiger partial charge is 0.222 e. The van der Waals surface area contributed by atoms with Gasteiger partial charge in [0.15, 0.2) is 0 Å². The number of aromatic nitrogens is 1. The van der Waals surface area contributed by atoms with Gasteiger partial charge in [-0.25, -0.2) is 0 Å². The van der Waals surface area contributed by atoms with Crippen LogP contribution in [0.15, 0.2) is 28.8 Å². The molecule has 0 aliphatic rings. The van der Waals surface area contributed by atoms with Crippen LogP contribution in [0.5, 0.6) is 5.75 Å². The second kappa shape index (κ2) is 4.63. The van der Waals surface area contributed by atoms with Crippen molar-refractivity contribution in [2.75, 3.05) is 5.73 Å². The topological polar surface area (TPSA) is 61.3 Å². The van der Waals surface area contributed by atoms with Crippen molar-refractivity contribution in [3.05, 3.63) is 40.0 Å². The van der Waals surface area contributed by atoms with Crippen LogP contribution < -0.4 is 10.5 Å². The number of nitrogens with two attached hydrogens (primary N) is 1. The third-order valence-corrected chi connectivity index (χ3v) is 2.38. The number of nitrogen functional groups attached to an aromatic ring is 1. The summed E-state index contributed by atoms with van der Waals surface area (Å²) in [5.41, 5.74) is 5.97. The second-order valence-electron chi connectivity index (χ2n) is 3.08. The van der Waals surface area contributed by atoms with Gasteiger partial charge >= 0.3 is 0 Å². The van der Waals surface area contributed by atoms with Gasteiger partial charge in [0, 0.05) is 11.1 Å². The summed E-state index contributed by atoms with van der Waals surface area (Å²) in [4.78, 5) is 0. The molecule has 0 bridgehead atoms. The fourth-order valence-electron chi connectivity index (χ4n) is 1.14. The average Bonchev–Trinajstić information content (AvgIpc) is 2.63. The van der Waals surface area contributed by atoms with Crippen LogP contribution in [-0.2, 0) is 6.61 Å². The lowest BCUT2D eigenvalue weighted by Crippen LogP contribution is -1.95. The highest BCUT2D eigenvalue weighted by atomic mass is 35.5. The maximum atomic E-state index is 5.92. The van der Waals surface area contributed by atoms with E-state index in [1.165, 1.54) is 0 Å². The molecule has 0 fully saturated rings. The average molecular weight is 259 g/mol. The number of benzene rings is 1. The molecule has 0 radical (unpaired) electrons. The molecule has 1 aromatic carbocycles. The van der Waals surface area contributed by atoms with E-state index in [9.17, 15) is 0 Å². The molecule has 16 heavy (non-hydrogen) atoms. The summed E-state index contributed by atoms with van der Waals surface area (Å²) in [6, 6.07) is 6.58. The lowest BCUT2D eigenvalue weighted by Gasteiger charge is -2.05. The minimum absolute atomic E-state index is 0.238. The normalized spacial score (nSPS) is 10.4. The molecule has 0 aliphatic carbocycles. The van der Waals surface area contributed by atoms with Crippen LogP contribution in [0.3, 0.4) is 0 Å². The molecular formula is C10H8Cl2N2O2. The minimum Gasteiger partial charge on any atom is -0.486 e. The monoisotopic (exact) mass is 258 g/mol. The molecule has 0 saturated heterocycles. The maximum absolute atomic E-state index is 5.92. The Bertz CT molecular complexity index is 499. The van der Waals surface area contributed by atoms with Gasteiger partial charge in [-0.2, -0.15) is 0 Å². The van der Waals surface area contributed by atoms with Gasteiger partial charge in [0.2, 0.25) is 5.88 Å². The fraction of sp³-hybridized carbons (Fsp3) is 0.100. The summed E-state index contributed by atoms with van der Waals surface area (Å²) < 4.78 is 10.1. The van der Waals surface area contributed by atoms with E-state index in [1.807, 2.05) is 0 Å². The summed E-state index contributed by atoms with van der Waals surface area (Å²) in [7, 11) is 0. The maximum Gasteiger partial charge on any atom is 0.222 e. The Morgan fingerprint density at radius 2 is 2.12 bits per heavy atom. The quantitative estimate of drug-likeness (QED) is 0.919. The number of hydrogen-bond donors (Lipinski definition) is 1. The van der Waals surface area contributed by atoms with E-state index in [4.69, 9.17) is 38.2 Å². The fourth-order valence-corrected chi connectivity index (χ4v) is 1.60. The molecule has 6 heteroatoms. The standard InChI is InChI=1S/C10H8Cl2N2O2/c11-6-1-2-9(8(12)3-6)15-5-7-4-10(13)16-14-7/h1-4H,5,13H2. The zero-order valence-corrected chi connectivity index (χ0v) is 9.63. The van der Waals surface area contributed by atoms with Crippen molar-refractivity contribution < 1.29 is 9.26 Å². The molecule has 84 valence electrons. The van der Waals surface area contributed by atoms with Crippen LogP contribution in [0.2, 0.25) is 10.0 Å². The van der Waals surface area contributed by atoms with Crippen molar-refractivity contribution in [1.29, 1.82) is 0 Å². The predicted octanol–water partition coefficient (Wildman–Crippen LogP) is 3.14. The van der Waals surface area contributed by atoms with Gasteiger partial charge in [-0.1, -0.05) is 28.4 Å². The first-order chi connectivity index (χ1) is 7.65. The first-order valence-electron chi connectivity index (χ1n) is 4.44. The first-order valence-corrected chi connectivity index (χ1v) is 5.19. The molecule has 0 aliphatic heterocycles. The molecule has 1 heterocycles. The lowest BCUT2D eigenvalue weighted by molar-refractivity contribution is 0.290. The third kappa shape index (κ3) is 2.59. The van der Waals surface area contributed by atoms with Crippen molar-refractivity contribution in [3.63, 3.8) is 0 Å². The summed E-state index contributed by atoms with van der Waals surface area (Å²) in [5.74, 6) is 0.786. The van der Waals surface area contributed by atoms with Gasteiger partial charge in [-0.15, -0.1) is 0 Å². The van der Waals surface area contributed by atoms with E-state index in [-0.39, 0.29) is 12.5 Å². The number of ether oxygens (including phenoxy) is 1. The number of halogens is 2. The molecule has 0 unspecified atom stereocenters. The summed E-state index contributed by atoms with van der Waals surface area (Å²) in [6.07, 6.45) is 0. The molecule has 0 spiro atoms. The predicted molar refractivity (Wildman–Crippen MR) is 61.7 cm³/mol. The highest BCUT2D eigenvalue weighted by Crippen LogP contribution is 2.28. The zero-order chi connectivity index (χ0) is 11.5. The number of anilines is 1. The molecule has 2 rings (SSSR count). The van der Waals surface area contributed by atoms with E-state index >= 15 is 0 Å². The molecule has 0 atom stereocenters. The van der Waals surface area contributed by atoms with Crippen molar-refractivity contribution in [1.82, 2.24) is 5.16 Å². The highest BCUT2D eigenvalue weighted by Gasteiger charge is 2.05. The van der Waals surface area contributed by atoms with Crippen LogP contribution in [0.4, 0.5) is 5.88 Å². The number of hydrogen-bond acceptors (Lipinski definition) is 4. The number of rotatable bonds is 3. The van der Waals surface area contributed by atoms with Gasteiger partial charge in [0.25, 0.3) is 0 Å². The Labute approximate surface area is 102 Å². The van der Waals surface area contributed by atoms with Gasteiger partial charge in [-0.05, 0) is 18.2 Å². The van der Waals surface area contributed by atoms with Crippen LogP contribution >= 0.6 is 23.2 Å². The summed E-state index contributed by atoms with van der Waals surface area (Å²) >= 11 is 11.7. The summed E-state index contributed by atoms with van der Waals surface area (Å²) in [5, 5.41) is 4.69. The molecule has 2 aromatic rings. The van der Waals surface area contributed by atoms with Crippen molar-refractivity contribution in [3.8, 4) is 5.75 Å². The number of nitrogens with zero attached hydrogens (tertiary/aromatic N) is 1. The van der Waals surface area contributed by atoms with Gasteiger partial charge < -0.3 is 15.0 Å². The SMILES string of the molecule is Nc1cc(COc2ccc(Cl)cc2Cl)no1. The van der Waals surface area contributed by atoms with Crippen LogP contribution in [-0.4, -0.2) is 5.16 Å². The molecule has 2 N–H and O–H groups in total. The first kappa shape index (κ1) is 11.1. The van der Waals surface area contributed by atoms with E-state index in [0.29, 0.717) is 21.5 Å². The van der Waals surface area contributed by atoms with E-state index < -0.39 is 0 Å². The van der Waals surface area contributed by atoms with Gasteiger partial charge in [0.05, 0.1) is 5.02 Å². The minimum atomic E-state index is 0.238. The van der Waals surface area contributed by atoms with Crippen LogP contribution in [0.1, 0.15) is 5.69 Å². The molecule has 0 saturated carbocycles. The van der Waals surface area contributed by atoms with Crippen LogP contribution in [0.25, 0.3) is 0 Å². The summed E-state index contributed by atoms with van der Waals surface area (Å²) in [6.45, 7) is 0.238. The van der Waals surface area contributed by atoms with Crippen LogP contribution in [0, 0.1) is 0 Å². The van der Waals surface area contributed by atoms with E-state index in [2.05, 4.69) is 5.16 Å². The highest BCUT2D eigenvalue weighted by molar-refractivity contribution is 6.35. The Kier molecular flexibility index (Phi) is 3.22. The molecule has 4 nitrogen and oxygen atoms in total. The zero-order valence-electron chi connectivity index (χ0n) is 8.11. The second-order valence-corrected chi connectivity index (χ2v) is 3.93. The Morgan fingerprint density at radius 3 is 2.75 bits per heavy atom. The van der Waals surface area contributed by atoms with Crippen molar-refractivity contribution in [2.24, 2.45) is 0 Å². The van der Waals surface area contributed by atoms with Gasteiger partial charge in [0.1, 0.15) is 18.1 Å².